The van der Waals surface area contributed by atoms with Crippen molar-refractivity contribution in [1.82, 2.24) is 10.3 Å². The maximum Gasteiger partial charge on any atom is 0.123 e. The molecule has 2 aromatic rings. The van der Waals surface area contributed by atoms with Crippen molar-refractivity contribution in [3.8, 4) is 5.75 Å². The summed E-state index contributed by atoms with van der Waals surface area (Å²) in [7, 11) is 3.68. The lowest BCUT2D eigenvalue weighted by molar-refractivity contribution is 0.401. The van der Waals surface area contributed by atoms with Gasteiger partial charge in [-0.3, -0.25) is 4.98 Å². The molecule has 1 aromatic heterocycles. The van der Waals surface area contributed by atoms with Crippen LogP contribution >= 0.6 is 11.3 Å². The van der Waals surface area contributed by atoms with Gasteiger partial charge >= 0.3 is 0 Å². The lowest BCUT2D eigenvalue weighted by Crippen LogP contribution is -2.19. The van der Waals surface area contributed by atoms with Crippen LogP contribution in [0.15, 0.2) is 36.0 Å². The van der Waals surface area contributed by atoms with Crippen molar-refractivity contribution in [2.45, 2.75) is 12.5 Å². The van der Waals surface area contributed by atoms with Gasteiger partial charge in [0, 0.05) is 29.1 Å². The molecule has 0 saturated heterocycles. The Labute approximate surface area is 105 Å². The van der Waals surface area contributed by atoms with E-state index < -0.39 is 0 Å². The predicted octanol–water partition coefficient (Wildman–Crippen LogP) is 2.65. The number of ether oxygens (including phenoxy) is 1. The lowest BCUT2D eigenvalue weighted by atomic mass is 10.0. The molecule has 0 fully saturated rings. The van der Waals surface area contributed by atoms with Gasteiger partial charge in [-0.2, -0.15) is 0 Å². The average molecular weight is 248 g/mol. The lowest BCUT2D eigenvalue weighted by Gasteiger charge is -2.18. The van der Waals surface area contributed by atoms with Crippen molar-refractivity contribution in [3.63, 3.8) is 0 Å². The maximum atomic E-state index is 5.40. The first-order chi connectivity index (χ1) is 8.35. The van der Waals surface area contributed by atoms with Crippen molar-refractivity contribution in [2.75, 3.05) is 14.2 Å². The van der Waals surface area contributed by atoms with Crippen molar-refractivity contribution >= 4 is 11.3 Å². The number of methoxy groups -OCH3 is 1. The minimum absolute atomic E-state index is 0.256. The molecule has 1 N–H and O–H groups in total. The Morgan fingerprint density at radius 3 is 2.88 bits per heavy atom. The van der Waals surface area contributed by atoms with Gasteiger partial charge < -0.3 is 10.1 Å². The van der Waals surface area contributed by atoms with Gasteiger partial charge in [0.15, 0.2) is 0 Å². The zero-order valence-corrected chi connectivity index (χ0v) is 10.8. The van der Waals surface area contributed by atoms with Gasteiger partial charge in [-0.05, 0) is 13.1 Å². The van der Waals surface area contributed by atoms with E-state index in [1.807, 2.05) is 37.0 Å². The molecular weight excluding hydrogens is 232 g/mol. The third kappa shape index (κ3) is 2.84. The van der Waals surface area contributed by atoms with Crippen molar-refractivity contribution < 1.29 is 4.74 Å². The molecule has 3 nitrogen and oxygen atoms in total. The molecule has 0 aliphatic heterocycles. The molecule has 1 aromatic carbocycles. The van der Waals surface area contributed by atoms with Gasteiger partial charge in [0.2, 0.25) is 0 Å². The molecule has 0 saturated carbocycles. The number of thiazole rings is 1. The van der Waals surface area contributed by atoms with Gasteiger partial charge in [-0.15, -0.1) is 11.3 Å². The Morgan fingerprint density at radius 2 is 2.24 bits per heavy atom. The van der Waals surface area contributed by atoms with E-state index in [1.54, 1.807) is 18.4 Å². The summed E-state index contributed by atoms with van der Waals surface area (Å²) in [6, 6.07) is 8.37. The molecule has 4 heteroatoms. The predicted molar refractivity (Wildman–Crippen MR) is 70.6 cm³/mol. The zero-order valence-electron chi connectivity index (χ0n) is 10.0. The Bertz CT molecular complexity index is 456. The number of nitrogens with zero attached hydrogens (tertiary/aromatic N) is 1. The summed E-state index contributed by atoms with van der Waals surface area (Å²) in [5, 5.41) is 3.33. The number of hydrogen-bond acceptors (Lipinski definition) is 4. The Hall–Kier alpha value is -1.39. The zero-order chi connectivity index (χ0) is 12.1. The highest BCUT2D eigenvalue weighted by atomic mass is 32.1. The van der Waals surface area contributed by atoms with Gasteiger partial charge in [-0.25, -0.2) is 0 Å². The number of benzene rings is 1. The Balaban J connectivity index is 2.22. The van der Waals surface area contributed by atoms with Gasteiger partial charge in [-0.1, -0.05) is 18.2 Å². The highest BCUT2D eigenvalue weighted by Crippen LogP contribution is 2.27. The molecule has 90 valence electrons. The highest BCUT2D eigenvalue weighted by Gasteiger charge is 2.14. The fourth-order valence-corrected chi connectivity index (χ4v) is 2.51. The molecule has 0 amide bonds. The van der Waals surface area contributed by atoms with Gasteiger partial charge in [0.1, 0.15) is 5.75 Å². The third-order valence-electron chi connectivity index (χ3n) is 2.75. The monoisotopic (exact) mass is 248 g/mol. The topological polar surface area (TPSA) is 34.2 Å². The van der Waals surface area contributed by atoms with Crippen LogP contribution in [-0.4, -0.2) is 19.1 Å². The van der Waals surface area contributed by atoms with E-state index in [2.05, 4.69) is 16.4 Å². The van der Waals surface area contributed by atoms with Crippen molar-refractivity contribution in [3.05, 3.63) is 46.4 Å². The molecule has 1 unspecified atom stereocenters. The van der Waals surface area contributed by atoms with Crippen LogP contribution in [-0.2, 0) is 6.42 Å². The Kier molecular flexibility index (Phi) is 4.12. The largest absolute Gasteiger partial charge is 0.496 e. The summed E-state index contributed by atoms with van der Waals surface area (Å²) in [5.74, 6) is 0.927. The molecule has 1 heterocycles. The summed E-state index contributed by atoms with van der Waals surface area (Å²) in [6.07, 6.45) is 2.85. The molecule has 0 bridgehead atoms. The quantitative estimate of drug-likeness (QED) is 0.883. The number of nitrogens with one attached hydrogen (secondary N) is 1. The minimum atomic E-state index is 0.256. The minimum Gasteiger partial charge on any atom is -0.496 e. The molecule has 2 rings (SSSR count). The smallest absolute Gasteiger partial charge is 0.123 e. The first-order valence-corrected chi connectivity index (χ1v) is 6.40. The molecule has 17 heavy (non-hydrogen) atoms. The summed E-state index contributed by atoms with van der Waals surface area (Å²) in [6.45, 7) is 0. The van der Waals surface area contributed by atoms with Crippen LogP contribution in [0, 0.1) is 0 Å². The van der Waals surface area contributed by atoms with Crippen molar-refractivity contribution in [1.29, 1.82) is 0 Å². The third-order valence-corrected chi connectivity index (χ3v) is 3.55. The second-order valence-electron chi connectivity index (χ2n) is 3.76. The molecule has 0 spiro atoms. The molecule has 0 radical (unpaired) electrons. The standard InChI is InChI=1S/C13H16N2OS/c1-14-12(7-10-8-15-9-17-10)11-5-3-4-6-13(11)16-2/h3-6,8-9,12,14H,7H2,1-2H3. The summed E-state index contributed by atoms with van der Waals surface area (Å²) in [5.41, 5.74) is 3.05. The second-order valence-corrected chi connectivity index (χ2v) is 4.73. The number of rotatable bonds is 5. The number of para-hydroxylation sites is 1. The van der Waals surface area contributed by atoms with Crippen LogP contribution in [0.2, 0.25) is 0 Å². The van der Waals surface area contributed by atoms with Crippen LogP contribution in [0.4, 0.5) is 0 Å². The highest BCUT2D eigenvalue weighted by molar-refractivity contribution is 7.09. The first kappa shape index (κ1) is 12.1. The molecule has 0 aliphatic rings. The maximum absolute atomic E-state index is 5.40. The van der Waals surface area contributed by atoms with E-state index in [0.717, 1.165) is 12.2 Å². The van der Waals surface area contributed by atoms with Gasteiger partial charge in [0.25, 0.3) is 0 Å². The molecular formula is C13H16N2OS. The van der Waals surface area contributed by atoms with E-state index in [0.29, 0.717) is 0 Å². The van der Waals surface area contributed by atoms with Crippen LogP contribution in [0.1, 0.15) is 16.5 Å². The van der Waals surface area contributed by atoms with E-state index in [4.69, 9.17) is 4.74 Å². The van der Waals surface area contributed by atoms with E-state index in [9.17, 15) is 0 Å². The number of likely N-dealkylation sites (N-methyl/N-ethyl adjacent to an activating group) is 1. The number of hydrogen-bond donors (Lipinski definition) is 1. The van der Waals surface area contributed by atoms with Crippen LogP contribution in [0.3, 0.4) is 0 Å². The fourth-order valence-electron chi connectivity index (χ4n) is 1.87. The molecule has 0 aliphatic carbocycles. The first-order valence-electron chi connectivity index (χ1n) is 5.52. The molecule has 1 atom stereocenters. The SMILES string of the molecule is CNC(Cc1cncs1)c1ccccc1OC. The summed E-state index contributed by atoms with van der Waals surface area (Å²) >= 11 is 1.68. The second kappa shape index (κ2) is 5.80. The van der Waals surface area contributed by atoms with E-state index >= 15 is 0 Å². The van der Waals surface area contributed by atoms with Crippen LogP contribution < -0.4 is 10.1 Å². The van der Waals surface area contributed by atoms with E-state index in [-0.39, 0.29) is 6.04 Å². The van der Waals surface area contributed by atoms with Crippen LogP contribution in [0.25, 0.3) is 0 Å². The normalized spacial score (nSPS) is 12.4. The Morgan fingerprint density at radius 1 is 1.41 bits per heavy atom. The number of aromatic nitrogens is 1. The fraction of sp³-hybridized carbons (Fsp3) is 0.308. The van der Waals surface area contributed by atoms with Gasteiger partial charge in [0.05, 0.1) is 12.6 Å². The summed E-state index contributed by atoms with van der Waals surface area (Å²) in [4.78, 5) is 5.38. The van der Waals surface area contributed by atoms with Crippen LogP contribution in [0.5, 0.6) is 5.75 Å². The van der Waals surface area contributed by atoms with E-state index in [1.165, 1.54) is 10.4 Å². The average Bonchev–Trinajstić information content (AvgIpc) is 2.89. The van der Waals surface area contributed by atoms with Crippen molar-refractivity contribution in [2.24, 2.45) is 0 Å². The summed E-state index contributed by atoms with van der Waals surface area (Å²) < 4.78 is 5.40.